The minimum atomic E-state index is -0.785. The molecule has 1 heterocycles. The zero-order valence-electron chi connectivity index (χ0n) is 12.3. The van der Waals surface area contributed by atoms with Gasteiger partial charge in [-0.3, -0.25) is 9.59 Å². The van der Waals surface area contributed by atoms with Crippen molar-refractivity contribution < 1.29 is 14.7 Å². The van der Waals surface area contributed by atoms with Crippen LogP contribution in [0, 0.1) is 5.92 Å². The third kappa shape index (κ3) is 4.04. The molecule has 2 rings (SSSR count). The van der Waals surface area contributed by atoms with Crippen LogP contribution in [0.3, 0.4) is 0 Å². The summed E-state index contributed by atoms with van der Waals surface area (Å²) in [4.78, 5) is 23.0. The second-order valence-electron chi connectivity index (χ2n) is 5.55. The number of amides is 1. The highest BCUT2D eigenvalue weighted by molar-refractivity contribution is 5.84. The smallest absolute Gasteiger partial charge is 0.306 e. The summed E-state index contributed by atoms with van der Waals surface area (Å²) in [5.74, 6) is -1.30. The second kappa shape index (κ2) is 7.22. The minimum absolute atomic E-state index is 0.0117. The Kier molecular flexibility index (Phi) is 5.33. The van der Waals surface area contributed by atoms with Crippen molar-refractivity contribution in [2.75, 3.05) is 13.1 Å². The first-order valence-electron chi connectivity index (χ1n) is 7.38. The number of benzene rings is 1. The lowest BCUT2D eigenvalue weighted by Gasteiger charge is -2.25. The van der Waals surface area contributed by atoms with Crippen LogP contribution in [0.1, 0.15) is 36.8 Å². The summed E-state index contributed by atoms with van der Waals surface area (Å²) in [6.45, 7) is 3.66. The van der Waals surface area contributed by atoms with Crippen molar-refractivity contribution in [3.63, 3.8) is 0 Å². The van der Waals surface area contributed by atoms with Crippen LogP contribution in [0.5, 0.6) is 0 Å². The SMILES string of the molecule is CC(CCCNC(=O)C1CNCc2ccccc21)C(=O)O. The summed E-state index contributed by atoms with van der Waals surface area (Å²) in [7, 11) is 0. The van der Waals surface area contributed by atoms with Gasteiger partial charge in [-0.15, -0.1) is 0 Å². The Morgan fingerprint density at radius 2 is 2.19 bits per heavy atom. The molecule has 5 heteroatoms. The average molecular weight is 290 g/mol. The van der Waals surface area contributed by atoms with Crippen molar-refractivity contribution in [1.29, 1.82) is 0 Å². The third-order valence-corrected chi connectivity index (χ3v) is 3.95. The average Bonchev–Trinajstić information content (AvgIpc) is 2.50. The van der Waals surface area contributed by atoms with Gasteiger partial charge >= 0.3 is 5.97 Å². The number of carbonyl (C=O) groups excluding carboxylic acids is 1. The van der Waals surface area contributed by atoms with Crippen LogP contribution < -0.4 is 10.6 Å². The molecule has 1 aliphatic heterocycles. The quantitative estimate of drug-likeness (QED) is 0.694. The molecule has 0 saturated heterocycles. The van der Waals surface area contributed by atoms with Crippen molar-refractivity contribution in [1.82, 2.24) is 10.6 Å². The van der Waals surface area contributed by atoms with Crippen LogP contribution in [0.15, 0.2) is 24.3 Å². The summed E-state index contributed by atoms with van der Waals surface area (Å²) in [5, 5.41) is 15.0. The van der Waals surface area contributed by atoms with E-state index in [2.05, 4.69) is 10.6 Å². The van der Waals surface area contributed by atoms with Gasteiger partial charge in [0.05, 0.1) is 11.8 Å². The van der Waals surface area contributed by atoms with E-state index in [1.807, 2.05) is 24.3 Å². The van der Waals surface area contributed by atoms with E-state index in [4.69, 9.17) is 5.11 Å². The maximum atomic E-state index is 12.3. The van der Waals surface area contributed by atoms with Crippen molar-refractivity contribution >= 4 is 11.9 Å². The number of hydrogen-bond acceptors (Lipinski definition) is 3. The van der Waals surface area contributed by atoms with Gasteiger partial charge < -0.3 is 15.7 Å². The van der Waals surface area contributed by atoms with Crippen molar-refractivity contribution in [2.24, 2.45) is 5.92 Å². The largest absolute Gasteiger partial charge is 0.481 e. The van der Waals surface area contributed by atoms with Crippen LogP contribution in [0.4, 0.5) is 0 Å². The fraction of sp³-hybridized carbons (Fsp3) is 0.500. The molecule has 1 amide bonds. The molecule has 1 aromatic carbocycles. The molecule has 3 N–H and O–H groups in total. The monoisotopic (exact) mass is 290 g/mol. The molecule has 1 aromatic rings. The third-order valence-electron chi connectivity index (χ3n) is 3.95. The number of carbonyl (C=O) groups is 2. The van der Waals surface area contributed by atoms with Crippen molar-refractivity contribution in [2.45, 2.75) is 32.2 Å². The first-order chi connectivity index (χ1) is 10.1. The maximum Gasteiger partial charge on any atom is 0.306 e. The van der Waals surface area contributed by atoms with Crippen LogP contribution in [-0.2, 0) is 16.1 Å². The molecule has 5 nitrogen and oxygen atoms in total. The molecule has 0 aromatic heterocycles. The van der Waals surface area contributed by atoms with Crippen LogP contribution in [0.25, 0.3) is 0 Å². The molecular weight excluding hydrogens is 268 g/mol. The lowest BCUT2D eigenvalue weighted by atomic mass is 9.90. The zero-order valence-corrected chi connectivity index (χ0v) is 12.3. The summed E-state index contributed by atoms with van der Waals surface area (Å²) < 4.78 is 0. The standard InChI is InChI=1S/C16H22N2O3/c1-11(16(20)21)5-4-8-18-15(19)14-10-17-9-12-6-2-3-7-13(12)14/h2-3,6-7,11,14,17H,4-5,8-10H2,1H3,(H,18,19)(H,20,21). The van der Waals surface area contributed by atoms with E-state index < -0.39 is 5.97 Å². The lowest BCUT2D eigenvalue weighted by Crippen LogP contribution is -2.39. The molecular formula is C16H22N2O3. The van der Waals surface area contributed by atoms with E-state index in [1.165, 1.54) is 5.56 Å². The molecule has 0 radical (unpaired) electrons. The molecule has 114 valence electrons. The second-order valence-corrected chi connectivity index (χ2v) is 5.55. The van der Waals surface area contributed by atoms with Gasteiger partial charge in [0.15, 0.2) is 0 Å². The predicted molar refractivity (Wildman–Crippen MR) is 79.9 cm³/mol. The van der Waals surface area contributed by atoms with Crippen molar-refractivity contribution in [3.05, 3.63) is 35.4 Å². The summed E-state index contributed by atoms with van der Waals surface area (Å²) >= 11 is 0. The highest BCUT2D eigenvalue weighted by Crippen LogP contribution is 2.23. The highest BCUT2D eigenvalue weighted by Gasteiger charge is 2.25. The number of hydrogen-bond donors (Lipinski definition) is 3. The Bertz CT molecular complexity index is 516. The van der Waals surface area contributed by atoms with Gasteiger partial charge in [0.1, 0.15) is 0 Å². The number of carboxylic acids is 1. The first-order valence-corrected chi connectivity index (χ1v) is 7.38. The number of aliphatic carboxylic acids is 1. The van der Waals surface area contributed by atoms with E-state index in [0.29, 0.717) is 25.9 Å². The summed E-state index contributed by atoms with van der Waals surface area (Å²) in [6.07, 6.45) is 1.26. The van der Waals surface area contributed by atoms with Crippen LogP contribution in [-0.4, -0.2) is 30.1 Å². The maximum absolute atomic E-state index is 12.3. The van der Waals surface area contributed by atoms with E-state index in [9.17, 15) is 9.59 Å². The lowest BCUT2D eigenvalue weighted by molar-refractivity contribution is -0.141. The molecule has 0 saturated carbocycles. The minimum Gasteiger partial charge on any atom is -0.481 e. The Labute approximate surface area is 124 Å². The van der Waals surface area contributed by atoms with E-state index in [-0.39, 0.29) is 17.7 Å². The fourth-order valence-corrected chi connectivity index (χ4v) is 2.60. The predicted octanol–water partition coefficient (Wildman–Crippen LogP) is 1.49. The van der Waals surface area contributed by atoms with E-state index in [1.54, 1.807) is 6.92 Å². The first kappa shape index (κ1) is 15.5. The topological polar surface area (TPSA) is 78.4 Å². The fourth-order valence-electron chi connectivity index (χ4n) is 2.60. The van der Waals surface area contributed by atoms with Crippen LogP contribution in [0.2, 0.25) is 0 Å². The van der Waals surface area contributed by atoms with Crippen LogP contribution >= 0.6 is 0 Å². The van der Waals surface area contributed by atoms with Gasteiger partial charge in [0.25, 0.3) is 0 Å². The Morgan fingerprint density at radius 3 is 2.95 bits per heavy atom. The molecule has 0 spiro atoms. The number of nitrogens with one attached hydrogen (secondary N) is 2. The Hall–Kier alpha value is -1.88. The molecule has 0 bridgehead atoms. The normalized spacial score (nSPS) is 18.6. The Balaban J connectivity index is 1.83. The number of rotatable bonds is 6. The van der Waals surface area contributed by atoms with Gasteiger partial charge in [-0.05, 0) is 24.0 Å². The van der Waals surface area contributed by atoms with E-state index >= 15 is 0 Å². The van der Waals surface area contributed by atoms with Crippen molar-refractivity contribution in [3.8, 4) is 0 Å². The van der Waals surface area contributed by atoms with Gasteiger partial charge in [-0.1, -0.05) is 31.2 Å². The Morgan fingerprint density at radius 1 is 1.43 bits per heavy atom. The van der Waals surface area contributed by atoms with E-state index in [0.717, 1.165) is 12.1 Å². The van der Waals surface area contributed by atoms with Gasteiger partial charge in [-0.2, -0.15) is 0 Å². The zero-order chi connectivity index (χ0) is 15.2. The molecule has 0 aliphatic carbocycles. The molecule has 21 heavy (non-hydrogen) atoms. The van der Waals surface area contributed by atoms with Gasteiger partial charge in [0.2, 0.25) is 5.91 Å². The van der Waals surface area contributed by atoms with Gasteiger partial charge in [0, 0.05) is 19.6 Å². The van der Waals surface area contributed by atoms with Gasteiger partial charge in [-0.25, -0.2) is 0 Å². The summed E-state index contributed by atoms with van der Waals surface area (Å²) in [5.41, 5.74) is 2.26. The highest BCUT2D eigenvalue weighted by atomic mass is 16.4. The molecule has 1 aliphatic rings. The molecule has 2 unspecified atom stereocenters. The molecule has 2 atom stereocenters. The number of carboxylic acid groups (broad SMARTS) is 1. The number of fused-ring (bicyclic) bond motifs is 1. The summed E-state index contributed by atoms with van der Waals surface area (Å²) in [6, 6.07) is 7.98. The molecule has 0 fully saturated rings.